The van der Waals surface area contributed by atoms with Crippen molar-refractivity contribution in [3.05, 3.63) is 106 Å². The van der Waals surface area contributed by atoms with Crippen LogP contribution in [0.2, 0.25) is 0 Å². The van der Waals surface area contributed by atoms with Crippen LogP contribution in [0.5, 0.6) is 0 Å². The van der Waals surface area contributed by atoms with Crippen LogP contribution in [-0.2, 0) is 27.2 Å². The lowest BCUT2D eigenvalue weighted by atomic mass is 9.88. The van der Waals surface area contributed by atoms with Gasteiger partial charge in [-0.25, -0.2) is 4.79 Å². The highest BCUT2D eigenvalue weighted by Gasteiger charge is 2.47. The van der Waals surface area contributed by atoms with Crippen molar-refractivity contribution in [1.29, 1.82) is 0 Å². The quantitative estimate of drug-likeness (QED) is 0.203. The third kappa shape index (κ3) is 4.67. The lowest BCUT2D eigenvalue weighted by Crippen LogP contribution is -2.29. The highest BCUT2D eigenvalue weighted by Crippen LogP contribution is 2.42. The minimum absolute atomic E-state index is 0.0333. The zero-order valence-corrected chi connectivity index (χ0v) is 20.8. The SMILES string of the molecule is CCCOC(=O)c1cccc(N2C(=O)C(=O)/C(=C(\O)c3ccc4c(c3)CCCC4)C2c2ccccc2)c1. The summed E-state index contributed by atoms with van der Waals surface area (Å²) in [6.45, 7) is 2.20. The van der Waals surface area contributed by atoms with Gasteiger partial charge >= 0.3 is 5.97 Å². The number of anilines is 1. The standard InChI is InChI=1S/C31H29NO5/c1-2-17-37-31(36)24-13-8-14-25(19-24)32-27(21-10-4-3-5-11-21)26(29(34)30(32)35)28(33)23-16-15-20-9-6-7-12-22(20)18-23/h3-5,8,10-11,13-16,18-19,27,33H,2,6-7,9,12,17H2,1H3/b28-26-. The summed E-state index contributed by atoms with van der Waals surface area (Å²) in [6, 6.07) is 20.6. The number of Topliss-reactive ketones (excluding diaryl/α,β-unsaturated/α-hetero) is 1. The number of aliphatic hydroxyl groups is 1. The molecule has 6 heteroatoms. The second-order valence-corrected chi connectivity index (χ2v) is 9.46. The molecule has 1 atom stereocenters. The predicted molar refractivity (Wildman–Crippen MR) is 141 cm³/mol. The van der Waals surface area contributed by atoms with E-state index in [0.717, 1.165) is 25.7 Å². The fraction of sp³-hybridized carbons (Fsp3) is 0.258. The number of ether oxygens (including phenoxy) is 1. The zero-order chi connectivity index (χ0) is 25.9. The zero-order valence-electron chi connectivity index (χ0n) is 20.8. The van der Waals surface area contributed by atoms with Gasteiger partial charge in [0.05, 0.1) is 23.8 Å². The first kappa shape index (κ1) is 24.5. The second-order valence-electron chi connectivity index (χ2n) is 9.46. The van der Waals surface area contributed by atoms with E-state index in [1.165, 1.54) is 16.0 Å². The van der Waals surface area contributed by atoms with Gasteiger partial charge in [0.25, 0.3) is 11.7 Å². The summed E-state index contributed by atoms with van der Waals surface area (Å²) in [6.07, 6.45) is 4.84. The van der Waals surface area contributed by atoms with Crippen LogP contribution in [-0.4, -0.2) is 29.4 Å². The number of esters is 1. The van der Waals surface area contributed by atoms with Crippen molar-refractivity contribution in [3.63, 3.8) is 0 Å². The molecule has 1 heterocycles. The molecule has 1 unspecified atom stereocenters. The molecule has 1 aliphatic heterocycles. The van der Waals surface area contributed by atoms with Gasteiger partial charge in [-0.15, -0.1) is 0 Å². The summed E-state index contributed by atoms with van der Waals surface area (Å²) in [7, 11) is 0. The van der Waals surface area contributed by atoms with Crippen molar-refractivity contribution in [2.75, 3.05) is 11.5 Å². The number of hydrogen-bond acceptors (Lipinski definition) is 5. The van der Waals surface area contributed by atoms with Crippen LogP contribution in [0.15, 0.2) is 78.4 Å². The summed E-state index contributed by atoms with van der Waals surface area (Å²) in [5.74, 6) is -2.21. The largest absolute Gasteiger partial charge is 0.507 e. The molecule has 0 bridgehead atoms. The normalized spacial score (nSPS) is 18.5. The first-order chi connectivity index (χ1) is 18.0. The Bertz CT molecular complexity index is 1390. The van der Waals surface area contributed by atoms with Crippen molar-refractivity contribution < 1.29 is 24.2 Å². The first-order valence-corrected chi connectivity index (χ1v) is 12.7. The molecule has 188 valence electrons. The van der Waals surface area contributed by atoms with Crippen molar-refractivity contribution in [2.45, 2.75) is 45.1 Å². The molecule has 6 nitrogen and oxygen atoms in total. The molecule has 2 aliphatic rings. The Labute approximate surface area is 216 Å². The molecule has 0 spiro atoms. The number of carbonyl (C=O) groups is 3. The Balaban J connectivity index is 1.62. The Morgan fingerprint density at radius 3 is 2.43 bits per heavy atom. The van der Waals surface area contributed by atoms with E-state index in [1.54, 1.807) is 24.3 Å². The third-order valence-corrected chi connectivity index (χ3v) is 6.98. The number of hydrogen-bond donors (Lipinski definition) is 1. The maximum atomic E-state index is 13.4. The number of nitrogens with zero attached hydrogens (tertiary/aromatic N) is 1. The summed E-state index contributed by atoms with van der Waals surface area (Å²) in [5.41, 5.74) is 4.33. The van der Waals surface area contributed by atoms with Crippen LogP contribution < -0.4 is 4.90 Å². The third-order valence-electron chi connectivity index (χ3n) is 6.98. The lowest BCUT2D eigenvalue weighted by molar-refractivity contribution is -0.132. The number of aliphatic hydroxyl groups excluding tert-OH is 1. The Morgan fingerprint density at radius 2 is 1.68 bits per heavy atom. The van der Waals surface area contributed by atoms with Crippen molar-refractivity contribution >= 4 is 29.1 Å². The predicted octanol–water partition coefficient (Wildman–Crippen LogP) is 5.76. The van der Waals surface area contributed by atoms with E-state index in [4.69, 9.17) is 4.74 Å². The van der Waals surface area contributed by atoms with Crippen LogP contribution >= 0.6 is 0 Å². The van der Waals surface area contributed by atoms with Gasteiger partial charge in [0.2, 0.25) is 0 Å². The first-order valence-electron chi connectivity index (χ1n) is 12.7. The molecule has 3 aromatic carbocycles. The van der Waals surface area contributed by atoms with Gasteiger partial charge in [0, 0.05) is 11.3 Å². The minimum Gasteiger partial charge on any atom is -0.507 e. The van der Waals surface area contributed by atoms with Crippen molar-refractivity contribution in [2.24, 2.45) is 0 Å². The van der Waals surface area contributed by atoms with Gasteiger partial charge in [-0.05, 0) is 73.1 Å². The summed E-state index contributed by atoms with van der Waals surface area (Å²) >= 11 is 0. The molecular formula is C31H29NO5. The van der Waals surface area contributed by atoms with Crippen molar-refractivity contribution in [1.82, 2.24) is 0 Å². The molecule has 0 saturated carbocycles. The fourth-order valence-corrected chi connectivity index (χ4v) is 5.15. The van der Waals surface area contributed by atoms with Crippen LogP contribution in [0.1, 0.15) is 64.8 Å². The Kier molecular flexibility index (Phi) is 6.91. The summed E-state index contributed by atoms with van der Waals surface area (Å²) < 4.78 is 5.26. The van der Waals surface area contributed by atoms with Crippen LogP contribution in [0, 0.1) is 0 Å². The smallest absolute Gasteiger partial charge is 0.338 e. The van der Waals surface area contributed by atoms with Gasteiger partial charge in [-0.2, -0.15) is 0 Å². The number of ketones is 1. The van der Waals surface area contributed by atoms with Crippen LogP contribution in [0.4, 0.5) is 5.69 Å². The maximum Gasteiger partial charge on any atom is 0.338 e. The van der Waals surface area contributed by atoms with E-state index in [2.05, 4.69) is 0 Å². The van der Waals surface area contributed by atoms with Crippen molar-refractivity contribution in [3.8, 4) is 0 Å². The molecule has 1 aliphatic carbocycles. The average molecular weight is 496 g/mol. The van der Waals surface area contributed by atoms with E-state index in [0.29, 0.717) is 29.8 Å². The highest BCUT2D eigenvalue weighted by molar-refractivity contribution is 6.51. The number of fused-ring (bicyclic) bond motifs is 1. The number of aryl methyl sites for hydroxylation is 2. The molecule has 0 aromatic heterocycles. The molecule has 5 rings (SSSR count). The minimum atomic E-state index is -0.848. The monoisotopic (exact) mass is 495 g/mol. The molecule has 3 aromatic rings. The van der Waals surface area contributed by atoms with E-state index in [1.807, 2.05) is 55.5 Å². The Hall–Kier alpha value is -4.19. The molecule has 37 heavy (non-hydrogen) atoms. The molecular weight excluding hydrogens is 466 g/mol. The second kappa shape index (κ2) is 10.4. The number of carbonyl (C=O) groups excluding carboxylic acids is 3. The fourth-order valence-electron chi connectivity index (χ4n) is 5.15. The number of rotatable bonds is 6. The highest BCUT2D eigenvalue weighted by atomic mass is 16.5. The number of benzene rings is 3. The average Bonchev–Trinajstić information content (AvgIpc) is 3.21. The van der Waals surface area contributed by atoms with Gasteiger partial charge in [0.15, 0.2) is 0 Å². The Morgan fingerprint density at radius 1 is 0.919 bits per heavy atom. The molecule has 1 amide bonds. The molecule has 0 radical (unpaired) electrons. The maximum absolute atomic E-state index is 13.4. The van der Waals surface area contributed by atoms with E-state index < -0.39 is 23.7 Å². The molecule has 1 fully saturated rings. The van der Waals surface area contributed by atoms with Gasteiger partial charge < -0.3 is 9.84 Å². The summed E-state index contributed by atoms with van der Waals surface area (Å²) in [4.78, 5) is 40.7. The topological polar surface area (TPSA) is 83.9 Å². The van der Waals surface area contributed by atoms with Gasteiger partial charge in [0.1, 0.15) is 5.76 Å². The number of amides is 1. The van der Waals surface area contributed by atoms with E-state index >= 15 is 0 Å². The van der Waals surface area contributed by atoms with Gasteiger partial charge in [-0.1, -0.05) is 55.5 Å². The van der Waals surface area contributed by atoms with Crippen LogP contribution in [0.3, 0.4) is 0 Å². The summed E-state index contributed by atoms with van der Waals surface area (Å²) in [5, 5.41) is 11.5. The lowest BCUT2D eigenvalue weighted by Gasteiger charge is -2.26. The van der Waals surface area contributed by atoms with Crippen LogP contribution in [0.25, 0.3) is 5.76 Å². The molecule has 1 N–H and O–H groups in total. The molecule has 1 saturated heterocycles. The van der Waals surface area contributed by atoms with Gasteiger partial charge in [-0.3, -0.25) is 14.5 Å². The van der Waals surface area contributed by atoms with E-state index in [-0.39, 0.29) is 16.9 Å². The van der Waals surface area contributed by atoms with E-state index in [9.17, 15) is 19.5 Å².